The standard InChI is InChI=1S/C28H31N3O3/c1-21-5-3-7-26(17-21)33-15-16-34-27-8-4-6-24(19-27)18-23-11-13-31(14-12-23)28(32)30-25-10-9-22(2)29-20-25/h3-10,17-20H,11-16H2,1-2H3,(H,30,32). The first-order valence-corrected chi connectivity index (χ1v) is 11.7. The summed E-state index contributed by atoms with van der Waals surface area (Å²) >= 11 is 0. The SMILES string of the molecule is Cc1cccc(OCCOc2cccc(C=C3CCN(C(=O)Nc4ccc(C)nc4)CC3)c2)c1. The third-order valence-corrected chi connectivity index (χ3v) is 5.69. The highest BCUT2D eigenvalue weighted by atomic mass is 16.5. The molecule has 1 aliphatic heterocycles. The Hall–Kier alpha value is -3.80. The molecule has 0 unspecified atom stereocenters. The number of aryl methyl sites for hydroxylation is 2. The Balaban J connectivity index is 1.24. The molecule has 0 bridgehead atoms. The summed E-state index contributed by atoms with van der Waals surface area (Å²) in [7, 11) is 0. The van der Waals surface area contributed by atoms with Gasteiger partial charge in [0.2, 0.25) is 0 Å². The van der Waals surface area contributed by atoms with E-state index in [0.29, 0.717) is 26.3 Å². The van der Waals surface area contributed by atoms with Crippen LogP contribution in [0.15, 0.2) is 72.4 Å². The molecule has 0 aliphatic carbocycles. The van der Waals surface area contributed by atoms with Gasteiger partial charge < -0.3 is 19.7 Å². The predicted molar refractivity (Wildman–Crippen MR) is 135 cm³/mol. The van der Waals surface area contributed by atoms with E-state index in [-0.39, 0.29) is 6.03 Å². The molecule has 2 amide bonds. The van der Waals surface area contributed by atoms with Gasteiger partial charge >= 0.3 is 6.03 Å². The number of amides is 2. The summed E-state index contributed by atoms with van der Waals surface area (Å²) in [6, 6.07) is 19.8. The van der Waals surface area contributed by atoms with Crippen LogP contribution in [0.25, 0.3) is 6.08 Å². The maximum absolute atomic E-state index is 12.5. The molecule has 1 aliphatic rings. The Labute approximate surface area is 201 Å². The summed E-state index contributed by atoms with van der Waals surface area (Å²) in [4.78, 5) is 18.6. The van der Waals surface area contributed by atoms with Crippen LogP contribution in [0, 0.1) is 13.8 Å². The van der Waals surface area contributed by atoms with Crippen molar-refractivity contribution in [3.05, 3.63) is 89.3 Å². The number of carbonyl (C=O) groups excluding carboxylic acids is 1. The topological polar surface area (TPSA) is 63.7 Å². The Morgan fingerprint density at radius 3 is 2.35 bits per heavy atom. The van der Waals surface area contributed by atoms with E-state index in [0.717, 1.165) is 41.3 Å². The molecule has 34 heavy (non-hydrogen) atoms. The lowest BCUT2D eigenvalue weighted by atomic mass is 10.0. The summed E-state index contributed by atoms with van der Waals surface area (Å²) in [5.74, 6) is 1.68. The molecule has 0 saturated carbocycles. The molecule has 1 fully saturated rings. The molecule has 2 aromatic carbocycles. The van der Waals surface area contributed by atoms with E-state index in [2.05, 4.69) is 22.4 Å². The van der Waals surface area contributed by atoms with E-state index < -0.39 is 0 Å². The van der Waals surface area contributed by atoms with Gasteiger partial charge in [0.05, 0.1) is 11.9 Å². The van der Waals surface area contributed by atoms with E-state index in [4.69, 9.17) is 9.47 Å². The lowest BCUT2D eigenvalue weighted by Crippen LogP contribution is -2.39. The number of hydrogen-bond donors (Lipinski definition) is 1. The van der Waals surface area contributed by atoms with E-state index in [1.54, 1.807) is 6.20 Å². The highest BCUT2D eigenvalue weighted by Crippen LogP contribution is 2.22. The normalized spacial score (nSPS) is 13.4. The molecule has 6 nitrogen and oxygen atoms in total. The van der Waals surface area contributed by atoms with Crippen molar-refractivity contribution in [3.8, 4) is 11.5 Å². The monoisotopic (exact) mass is 457 g/mol. The number of carbonyl (C=O) groups is 1. The Kier molecular flexibility index (Phi) is 7.81. The third kappa shape index (κ3) is 6.85. The van der Waals surface area contributed by atoms with Crippen molar-refractivity contribution in [3.63, 3.8) is 0 Å². The van der Waals surface area contributed by atoms with Crippen LogP contribution in [0.1, 0.15) is 29.7 Å². The molecule has 0 radical (unpaired) electrons. The van der Waals surface area contributed by atoms with Gasteiger partial charge in [0.1, 0.15) is 24.7 Å². The minimum Gasteiger partial charge on any atom is -0.490 e. The van der Waals surface area contributed by atoms with Crippen molar-refractivity contribution in [2.75, 3.05) is 31.6 Å². The molecule has 4 rings (SSSR count). The zero-order valence-electron chi connectivity index (χ0n) is 19.8. The lowest BCUT2D eigenvalue weighted by molar-refractivity contribution is 0.208. The van der Waals surface area contributed by atoms with Crippen LogP contribution in [0.3, 0.4) is 0 Å². The fourth-order valence-electron chi connectivity index (χ4n) is 3.84. The highest BCUT2D eigenvalue weighted by molar-refractivity contribution is 5.89. The number of anilines is 1. The molecule has 0 atom stereocenters. The second kappa shape index (κ2) is 11.4. The number of nitrogens with one attached hydrogen (secondary N) is 1. The van der Waals surface area contributed by atoms with E-state index in [1.165, 1.54) is 11.1 Å². The number of hydrogen-bond acceptors (Lipinski definition) is 4. The number of likely N-dealkylation sites (tertiary alicyclic amines) is 1. The fraction of sp³-hybridized carbons (Fsp3) is 0.286. The van der Waals surface area contributed by atoms with Crippen LogP contribution in [0.2, 0.25) is 0 Å². The van der Waals surface area contributed by atoms with Crippen molar-refractivity contribution in [1.82, 2.24) is 9.88 Å². The van der Waals surface area contributed by atoms with Crippen LogP contribution < -0.4 is 14.8 Å². The first-order valence-electron chi connectivity index (χ1n) is 11.7. The Morgan fingerprint density at radius 2 is 1.68 bits per heavy atom. The number of urea groups is 1. The first kappa shape index (κ1) is 23.4. The van der Waals surface area contributed by atoms with Crippen molar-refractivity contribution in [2.24, 2.45) is 0 Å². The first-order chi connectivity index (χ1) is 16.5. The molecular formula is C28H31N3O3. The van der Waals surface area contributed by atoms with E-state index in [1.807, 2.05) is 73.3 Å². The number of nitrogens with zero attached hydrogens (tertiary/aromatic N) is 2. The third-order valence-electron chi connectivity index (χ3n) is 5.69. The predicted octanol–water partition coefficient (Wildman–Crippen LogP) is 5.87. The molecule has 0 spiro atoms. The second-order valence-electron chi connectivity index (χ2n) is 8.49. The van der Waals surface area contributed by atoms with Crippen LogP contribution in [-0.2, 0) is 0 Å². The van der Waals surface area contributed by atoms with Gasteiger partial charge in [-0.05, 0) is 74.2 Å². The molecule has 176 valence electrons. The maximum Gasteiger partial charge on any atom is 0.321 e. The van der Waals surface area contributed by atoms with Gasteiger partial charge in [-0.25, -0.2) is 4.79 Å². The molecule has 6 heteroatoms. The van der Waals surface area contributed by atoms with Crippen LogP contribution in [0.5, 0.6) is 11.5 Å². The van der Waals surface area contributed by atoms with Gasteiger partial charge in [-0.3, -0.25) is 4.98 Å². The minimum absolute atomic E-state index is 0.0759. The molecular weight excluding hydrogens is 426 g/mol. The van der Waals surface area contributed by atoms with Crippen molar-refractivity contribution in [1.29, 1.82) is 0 Å². The Bertz CT molecular complexity index is 1130. The summed E-state index contributed by atoms with van der Waals surface area (Å²) in [5, 5.41) is 2.93. The largest absolute Gasteiger partial charge is 0.490 e. The fourth-order valence-corrected chi connectivity index (χ4v) is 3.84. The zero-order valence-corrected chi connectivity index (χ0v) is 19.8. The van der Waals surface area contributed by atoms with Gasteiger partial charge in [0, 0.05) is 18.8 Å². The van der Waals surface area contributed by atoms with Crippen LogP contribution in [0.4, 0.5) is 10.5 Å². The maximum atomic E-state index is 12.5. The summed E-state index contributed by atoms with van der Waals surface area (Å²) in [6.45, 7) is 6.34. The van der Waals surface area contributed by atoms with Gasteiger partial charge in [-0.1, -0.05) is 35.9 Å². The number of aromatic nitrogens is 1. The van der Waals surface area contributed by atoms with E-state index in [9.17, 15) is 4.79 Å². The summed E-state index contributed by atoms with van der Waals surface area (Å²) in [6.07, 6.45) is 5.60. The van der Waals surface area contributed by atoms with Crippen LogP contribution >= 0.6 is 0 Å². The van der Waals surface area contributed by atoms with Crippen molar-refractivity contribution in [2.45, 2.75) is 26.7 Å². The quantitative estimate of drug-likeness (QED) is 0.451. The minimum atomic E-state index is -0.0759. The Morgan fingerprint density at radius 1 is 0.971 bits per heavy atom. The smallest absolute Gasteiger partial charge is 0.321 e. The van der Waals surface area contributed by atoms with Gasteiger partial charge in [-0.15, -0.1) is 0 Å². The number of benzene rings is 2. The molecule has 1 saturated heterocycles. The average Bonchev–Trinajstić information content (AvgIpc) is 2.84. The summed E-state index contributed by atoms with van der Waals surface area (Å²) < 4.78 is 11.6. The van der Waals surface area contributed by atoms with E-state index >= 15 is 0 Å². The molecule has 1 aromatic heterocycles. The number of ether oxygens (including phenoxy) is 2. The molecule has 3 aromatic rings. The van der Waals surface area contributed by atoms with Gasteiger partial charge in [0.15, 0.2) is 0 Å². The van der Waals surface area contributed by atoms with Crippen molar-refractivity contribution < 1.29 is 14.3 Å². The highest BCUT2D eigenvalue weighted by Gasteiger charge is 2.19. The van der Waals surface area contributed by atoms with Crippen molar-refractivity contribution >= 4 is 17.8 Å². The average molecular weight is 458 g/mol. The lowest BCUT2D eigenvalue weighted by Gasteiger charge is -2.28. The number of pyridine rings is 1. The van der Waals surface area contributed by atoms with Gasteiger partial charge in [0.25, 0.3) is 0 Å². The molecule has 2 heterocycles. The van der Waals surface area contributed by atoms with Crippen LogP contribution in [-0.4, -0.2) is 42.2 Å². The van der Waals surface area contributed by atoms with Gasteiger partial charge in [-0.2, -0.15) is 0 Å². The summed E-state index contributed by atoms with van der Waals surface area (Å²) in [5.41, 5.74) is 5.26. The molecule has 1 N–H and O–H groups in total. The zero-order chi connectivity index (χ0) is 23.8. The number of rotatable bonds is 7. The number of piperidine rings is 1. The second-order valence-corrected chi connectivity index (χ2v) is 8.49.